The van der Waals surface area contributed by atoms with Gasteiger partial charge in [0, 0.05) is 24.6 Å². The summed E-state index contributed by atoms with van der Waals surface area (Å²) in [5.41, 5.74) is 0. The first-order valence-electron chi connectivity index (χ1n) is 4.34. The maximum Gasteiger partial charge on any atom is 0.220 e. The van der Waals surface area contributed by atoms with Crippen LogP contribution in [0.1, 0.15) is 26.7 Å². The summed E-state index contributed by atoms with van der Waals surface area (Å²) < 4.78 is 0. The van der Waals surface area contributed by atoms with Crippen LogP contribution in [0.25, 0.3) is 0 Å². The molecule has 1 atom stereocenters. The standard InChI is InChI=1S/C9H17NO2S/c1-7(6-13-3)10-9(12)5-4-8(2)11/h7H,4-6H2,1-3H3,(H,10,12). The van der Waals surface area contributed by atoms with E-state index in [0.29, 0.717) is 12.8 Å². The molecule has 0 radical (unpaired) electrons. The number of carbonyl (C=O) groups excluding carboxylic acids is 2. The average Bonchev–Trinajstić information content (AvgIpc) is 2.01. The van der Waals surface area contributed by atoms with E-state index < -0.39 is 0 Å². The van der Waals surface area contributed by atoms with Crippen LogP contribution in [-0.4, -0.2) is 29.7 Å². The lowest BCUT2D eigenvalue weighted by Gasteiger charge is -2.11. The predicted molar refractivity (Wildman–Crippen MR) is 55.9 cm³/mol. The fourth-order valence-corrected chi connectivity index (χ4v) is 1.51. The van der Waals surface area contributed by atoms with E-state index in [2.05, 4.69) is 5.32 Å². The Kier molecular flexibility index (Phi) is 6.68. The third-order valence-corrected chi connectivity index (χ3v) is 2.36. The maximum absolute atomic E-state index is 11.2. The van der Waals surface area contributed by atoms with Gasteiger partial charge in [0.2, 0.25) is 5.91 Å². The molecule has 0 aliphatic carbocycles. The van der Waals surface area contributed by atoms with Crippen LogP contribution in [0.4, 0.5) is 0 Å². The molecule has 0 heterocycles. The molecule has 0 bridgehead atoms. The molecule has 0 aromatic heterocycles. The van der Waals surface area contributed by atoms with Crippen molar-refractivity contribution in [1.29, 1.82) is 0 Å². The fraction of sp³-hybridized carbons (Fsp3) is 0.778. The molecule has 0 aliphatic heterocycles. The van der Waals surface area contributed by atoms with Gasteiger partial charge in [-0.05, 0) is 20.1 Å². The van der Waals surface area contributed by atoms with Crippen LogP contribution >= 0.6 is 11.8 Å². The van der Waals surface area contributed by atoms with Gasteiger partial charge in [0.25, 0.3) is 0 Å². The van der Waals surface area contributed by atoms with Crippen molar-refractivity contribution in [2.75, 3.05) is 12.0 Å². The van der Waals surface area contributed by atoms with Gasteiger partial charge in [-0.1, -0.05) is 0 Å². The van der Waals surface area contributed by atoms with E-state index in [4.69, 9.17) is 0 Å². The fourth-order valence-electron chi connectivity index (χ4n) is 0.928. The van der Waals surface area contributed by atoms with Crippen LogP contribution in [0.2, 0.25) is 0 Å². The summed E-state index contributed by atoms with van der Waals surface area (Å²) in [5.74, 6) is 0.940. The zero-order valence-electron chi connectivity index (χ0n) is 8.42. The molecule has 0 spiro atoms. The first-order valence-corrected chi connectivity index (χ1v) is 5.73. The molecule has 0 aromatic rings. The lowest BCUT2D eigenvalue weighted by Crippen LogP contribution is -2.34. The first kappa shape index (κ1) is 12.5. The minimum Gasteiger partial charge on any atom is -0.353 e. The Labute approximate surface area is 83.7 Å². The molecule has 0 saturated carbocycles. The summed E-state index contributed by atoms with van der Waals surface area (Å²) >= 11 is 1.69. The lowest BCUT2D eigenvalue weighted by atomic mass is 10.2. The molecular formula is C9H17NO2S. The van der Waals surface area contributed by atoms with Crippen LogP contribution in [0.5, 0.6) is 0 Å². The maximum atomic E-state index is 11.2. The van der Waals surface area contributed by atoms with Crippen molar-refractivity contribution in [3.8, 4) is 0 Å². The van der Waals surface area contributed by atoms with Crippen molar-refractivity contribution in [2.45, 2.75) is 32.7 Å². The molecule has 4 heteroatoms. The molecule has 0 fully saturated rings. The third-order valence-electron chi connectivity index (χ3n) is 1.53. The number of thioether (sulfide) groups is 1. The van der Waals surface area contributed by atoms with Crippen LogP contribution in [-0.2, 0) is 9.59 Å². The van der Waals surface area contributed by atoms with E-state index >= 15 is 0 Å². The first-order chi connectivity index (χ1) is 6.06. The topological polar surface area (TPSA) is 46.2 Å². The number of hydrogen-bond donors (Lipinski definition) is 1. The highest BCUT2D eigenvalue weighted by Gasteiger charge is 2.06. The molecule has 0 aliphatic rings. The van der Waals surface area contributed by atoms with Crippen molar-refractivity contribution in [3.63, 3.8) is 0 Å². The van der Waals surface area contributed by atoms with E-state index in [-0.39, 0.29) is 17.7 Å². The number of Topliss-reactive ketones (excluding diaryl/α,β-unsaturated/α-hetero) is 1. The molecular weight excluding hydrogens is 186 g/mol. The third kappa shape index (κ3) is 7.84. The Morgan fingerprint density at radius 3 is 2.46 bits per heavy atom. The second kappa shape index (κ2) is 6.95. The molecule has 13 heavy (non-hydrogen) atoms. The minimum absolute atomic E-state index is 0.0308. The highest BCUT2D eigenvalue weighted by atomic mass is 32.2. The molecule has 1 unspecified atom stereocenters. The number of amides is 1. The van der Waals surface area contributed by atoms with Crippen molar-refractivity contribution in [3.05, 3.63) is 0 Å². The molecule has 0 rings (SSSR count). The Morgan fingerprint density at radius 2 is 2.00 bits per heavy atom. The van der Waals surface area contributed by atoms with Crippen LogP contribution in [0.3, 0.4) is 0 Å². The zero-order chi connectivity index (χ0) is 10.3. The quantitative estimate of drug-likeness (QED) is 0.706. The van der Waals surface area contributed by atoms with Gasteiger partial charge in [0.1, 0.15) is 5.78 Å². The monoisotopic (exact) mass is 203 g/mol. The summed E-state index contributed by atoms with van der Waals surface area (Å²) in [6, 6.07) is 0.189. The SMILES string of the molecule is CSCC(C)NC(=O)CCC(C)=O. The molecule has 0 aromatic carbocycles. The number of nitrogens with one attached hydrogen (secondary N) is 1. The molecule has 0 saturated heterocycles. The van der Waals surface area contributed by atoms with Crippen molar-refractivity contribution < 1.29 is 9.59 Å². The smallest absolute Gasteiger partial charge is 0.220 e. The number of hydrogen-bond acceptors (Lipinski definition) is 3. The minimum atomic E-state index is -0.0308. The van der Waals surface area contributed by atoms with Gasteiger partial charge in [-0.15, -0.1) is 0 Å². The van der Waals surface area contributed by atoms with Gasteiger partial charge in [-0.3, -0.25) is 4.79 Å². The van der Waals surface area contributed by atoms with Gasteiger partial charge in [-0.2, -0.15) is 11.8 Å². The highest BCUT2D eigenvalue weighted by molar-refractivity contribution is 7.98. The zero-order valence-corrected chi connectivity index (χ0v) is 9.24. The Morgan fingerprint density at radius 1 is 1.38 bits per heavy atom. The van der Waals surface area contributed by atoms with Gasteiger partial charge in [0.05, 0.1) is 0 Å². The summed E-state index contributed by atoms with van der Waals surface area (Å²) in [6.45, 7) is 3.46. The van der Waals surface area contributed by atoms with Gasteiger partial charge >= 0.3 is 0 Å². The van der Waals surface area contributed by atoms with Gasteiger partial charge < -0.3 is 10.1 Å². The largest absolute Gasteiger partial charge is 0.353 e. The molecule has 76 valence electrons. The van der Waals surface area contributed by atoms with Crippen LogP contribution < -0.4 is 5.32 Å². The molecule has 1 amide bonds. The van der Waals surface area contributed by atoms with Crippen molar-refractivity contribution in [1.82, 2.24) is 5.32 Å². The van der Waals surface area contributed by atoms with E-state index in [1.54, 1.807) is 11.8 Å². The van der Waals surface area contributed by atoms with Gasteiger partial charge in [0.15, 0.2) is 0 Å². The average molecular weight is 203 g/mol. The molecule has 3 nitrogen and oxygen atoms in total. The number of ketones is 1. The van der Waals surface area contributed by atoms with Crippen LogP contribution in [0, 0.1) is 0 Å². The molecule has 1 N–H and O–H groups in total. The number of rotatable bonds is 6. The second-order valence-corrected chi connectivity index (χ2v) is 4.04. The Bertz CT molecular complexity index is 182. The van der Waals surface area contributed by atoms with E-state index in [0.717, 1.165) is 5.75 Å². The van der Waals surface area contributed by atoms with E-state index in [1.807, 2.05) is 13.2 Å². The lowest BCUT2D eigenvalue weighted by molar-refractivity contribution is -0.125. The summed E-state index contributed by atoms with van der Waals surface area (Å²) in [5, 5.41) is 2.82. The predicted octanol–water partition coefficient (Wildman–Crippen LogP) is 1.22. The summed E-state index contributed by atoms with van der Waals surface area (Å²) in [7, 11) is 0. The summed E-state index contributed by atoms with van der Waals surface area (Å²) in [6.07, 6.45) is 2.66. The highest BCUT2D eigenvalue weighted by Crippen LogP contribution is 1.97. The normalized spacial score (nSPS) is 12.2. The Balaban J connectivity index is 3.55. The van der Waals surface area contributed by atoms with Crippen LogP contribution in [0.15, 0.2) is 0 Å². The van der Waals surface area contributed by atoms with E-state index in [1.165, 1.54) is 6.92 Å². The van der Waals surface area contributed by atoms with Crippen molar-refractivity contribution in [2.24, 2.45) is 0 Å². The second-order valence-electron chi connectivity index (χ2n) is 3.13. The van der Waals surface area contributed by atoms with E-state index in [9.17, 15) is 9.59 Å². The Hall–Kier alpha value is -0.510. The number of carbonyl (C=O) groups is 2. The van der Waals surface area contributed by atoms with Crippen molar-refractivity contribution >= 4 is 23.5 Å². The summed E-state index contributed by atoms with van der Waals surface area (Å²) in [4.78, 5) is 21.7. The van der Waals surface area contributed by atoms with Gasteiger partial charge in [-0.25, -0.2) is 0 Å².